The Morgan fingerprint density at radius 2 is 1.92 bits per heavy atom. The number of carbonyl (C=O) groups excluding carboxylic acids is 1. The first-order valence-corrected chi connectivity index (χ1v) is 10.1. The molecule has 2 aromatic rings. The number of amides is 1. The van der Waals surface area contributed by atoms with Gasteiger partial charge in [0.15, 0.2) is 5.76 Å². The van der Waals surface area contributed by atoms with Crippen molar-refractivity contribution in [2.45, 2.75) is 52.0 Å². The molecule has 6 nitrogen and oxygen atoms in total. The first kappa shape index (κ1) is 20.0. The van der Waals surface area contributed by atoms with E-state index in [1.807, 2.05) is 19.9 Å². The van der Waals surface area contributed by atoms with Gasteiger partial charge >= 0.3 is 10.1 Å². The Labute approximate surface area is 154 Å². The molecule has 0 spiro atoms. The first-order chi connectivity index (χ1) is 12.2. The number of nitrogens with zero attached hydrogens (tertiary/aromatic N) is 1. The van der Waals surface area contributed by atoms with Gasteiger partial charge in [-0.15, -0.1) is 0 Å². The lowest BCUT2D eigenvalue weighted by atomic mass is 10.1. The number of rotatable bonds is 8. The van der Waals surface area contributed by atoms with Crippen LogP contribution in [0.3, 0.4) is 0 Å². The van der Waals surface area contributed by atoms with Crippen LogP contribution in [0.1, 0.15) is 50.2 Å². The fraction of sp³-hybridized carbons (Fsp3) is 0.421. The molecule has 26 heavy (non-hydrogen) atoms. The van der Waals surface area contributed by atoms with Gasteiger partial charge in [-0.25, -0.2) is 0 Å². The molecular formula is C19H25NO5S. The summed E-state index contributed by atoms with van der Waals surface area (Å²) in [4.78, 5) is 14.4. The summed E-state index contributed by atoms with van der Waals surface area (Å²) in [5.41, 5.74) is 0.779. The van der Waals surface area contributed by atoms with E-state index in [2.05, 4.69) is 0 Å². The van der Waals surface area contributed by atoms with Crippen LogP contribution in [-0.2, 0) is 16.7 Å². The highest BCUT2D eigenvalue weighted by atomic mass is 32.2. The fourth-order valence-electron chi connectivity index (χ4n) is 2.31. The SMILES string of the molecule is CC[C@H](C)N(Cc1cccc(OS(=O)(=O)C(C)C)c1)C(=O)c1ccco1. The highest BCUT2D eigenvalue weighted by Crippen LogP contribution is 2.21. The van der Waals surface area contributed by atoms with Gasteiger partial charge in [-0.1, -0.05) is 19.1 Å². The van der Waals surface area contributed by atoms with Gasteiger partial charge in [0, 0.05) is 12.6 Å². The van der Waals surface area contributed by atoms with Crippen LogP contribution in [-0.4, -0.2) is 30.5 Å². The average Bonchev–Trinajstić information content (AvgIpc) is 3.13. The van der Waals surface area contributed by atoms with Crippen LogP contribution in [0, 0.1) is 0 Å². The van der Waals surface area contributed by atoms with Crippen LogP contribution in [0.5, 0.6) is 5.75 Å². The number of hydrogen-bond donors (Lipinski definition) is 0. The molecule has 1 amide bonds. The largest absolute Gasteiger partial charge is 0.459 e. The van der Waals surface area contributed by atoms with E-state index in [0.29, 0.717) is 6.54 Å². The number of carbonyl (C=O) groups is 1. The average molecular weight is 379 g/mol. The predicted octanol–water partition coefficient (Wildman–Crippen LogP) is 3.84. The van der Waals surface area contributed by atoms with E-state index in [0.717, 1.165) is 12.0 Å². The molecule has 0 saturated carbocycles. The van der Waals surface area contributed by atoms with Crippen molar-refractivity contribution in [2.24, 2.45) is 0 Å². The van der Waals surface area contributed by atoms with Gasteiger partial charge in [-0.2, -0.15) is 8.42 Å². The fourth-order valence-corrected chi connectivity index (χ4v) is 2.88. The Morgan fingerprint density at radius 1 is 1.19 bits per heavy atom. The Hall–Kier alpha value is -2.28. The molecule has 1 aromatic carbocycles. The minimum atomic E-state index is -3.66. The van der Waals surface area contributed by atoms with Crippen molar-refractivity contribution in [3.05, 3.63) is 54.0 Å². The van der Waals surface area contributed by atoms with E-state index < -0.39 is 15.4 Å². The van der Waals surface area contributed by atoms with E-state index >= 15 is 0 Å². The Morgan fingerprint density at radius 3 is 2.50 bits per heavy atom. The van der Waals surface area contributed by atoms with Crippen LogP contribution in [0.2, 0.25) is 0 Å². The number of benzene rings is 1. The monoisotopic (exact) mass is 379 g/mol. The summed E-state index contributed by atoms with van der Waals surface area (Å²) >= 11 is 0. The maximum atomic E-state index is 12.7. The second-order valence-electron chi connectivity index (χ2n) is 6.44. The van der Waals surface area contributed by atoms with Gasteiger partial charge in [-0.05, 0) is 57.0 Å². The maximum Gasteiger partial charge on any atom is 0.311 e. The third kappa shape index (κ3) is 4.88. The van der Waals surface area contributed by atoms with Crippen LogP contribution in [0.15, 0.2) is 47.1 Å². The lowest BCUT2D eigenvalue weighted by Crippen LogP contribution is -2.37. The number of furan rings is 1. The zero-order chi connectivity index (χ0) is 19.3. The zero-order valence-electron chi connectivity index (χ0n) is 15.5. The first-order valence-electron chi connectivity index (χ1n) is 8.61. The molecule has 0 unspecified atom stereocenters. The quantitative estimate of drug-likeness (QED) is 0.651. The lowest BCUT2D eigenvalue weighted by Gasteiger charge is -2.28. The summed E-state index contributed by atoms with van der Waals surface area (Å²) in [6.45, 7) is 7.41. The summed E-state index contributed by atoms with van der Waals surface area (Å²) in [6, 6.07) is 10.1. The summed E-state index contributed by atoms with van der Waals surface area (Å²) in [6.07, 6.45) is 2.25. The topological polar surface area (TPSA) is 76.8 Å². The Bertz CT molecular complexity index is 827. The van der Waals surface area contributed by atoms with Crippen molar-refractivity contribution in [3.63, 3.8) is 0 Å². The standard InChI is InChI=1S/C19H25NO5S/c1-5-15(4)20(19(21)18-10-7-11-24-18)13-16-8-6-9-17(12-16)25-26(22,23)14(2)3/h6-12,14-15H,5,13H2,1-4H3/t15-/m0/s1. The van der Waals surface area contributed by atoms with Crippen molar-refractivity contribution in [1.29, 1.82) is 0 Å². The van der Waals surface area contributed by atoms with E-state index in [1.165, 1.54) is 6.26 Å². The van der Waals surface area contributed by atoms with Gasteiger partial charge in [-0.3, -0.25) is 4.79 Å². The molecule has 0 aliphatic carbocycles. The van der Waals surface area contributed by atoms with E-state index in [1.54, 1.807) is 49.1 Å². The molecule has 0 saturated heterocycles. The van der Waals surface area contributed by atoms with Crippen molar-refractivity contribution in [3.8, 4) is 5.75 Å². The highest BCUT2D eigenvalue weighted by molar-refractivity contribution is 7.87. The lowest BCUT2D eigenvalue weighted by molar-refractivity contribution is 0.0638. The third-order valence-corrected chi connectivity index (χ3v) is 5.74. The smallest absolute Gasteiger partial charge is 0.311 e. The molecule has 1 atom stereocenters. The van der Waals surface area contributed by atoms with E-state index in [9.17, 15) is 13.2 Å². The molecule has 1 heterocycles. The predicted molar refractivity (Wildman–Crippen MR) is 99.5 cm³/mol. The number of hydrogen-bond acceptors (Lipinski definition) is 5. The Kier molecular flexibility index (Phi) is 6.47. The van der Waals surface area contributed by atoms with Gasteiger partial charge in [0.25, 0.3) is 5.91 Å². The molecule has 142 valence electrons. The molecule has 1 aromatic heterocycles. The van der Waals surface area contributed by atoms with Crippen molar-refractivity contribution < 1.29 is 21.8 Å². The molecular weight excluding hydrogens is 354 g/mol. The van der Waals surface area contributed by atoms with Gasteiger partial charge < -0.3 is 13.5 Å². The molecule has 7 heteroatoms. The molecule has 2 rings (SSSR count). The normalized spacial score (nSPS) is 12.8. The zero-order valence-corrected chi connectivity index (χ0v) is 16.3. The Balaban J connectivity index is 2.23. The van der Waals surface area contributed by atoms with Crippen LogP contribution in [0.4, 0.5) is 0 Å². The second-order valence-corrected chi connectivity index (χ2v) is 8.53. The van der Waals surface area contributed by atoms with Crippen molar-refractivity contribution in [2.75, 3.05) is 0 Å². The second kappa shape index (κ2) is 8.40. The molecule has 0 N–H and O–H groups in total. The maximum absolute atomic E-state index is 12.7. The van der Waals surface area contributed by atoms with Gasteiger partial charge in [0.05, 0.1) is 11.5 Å². The molecule has 0 fully saturated rings. The minimum absolute atomic E-state index is 0.00317. The minimum Gasteiger partial charge on any atom is -0.459 e. The summed E-state index contributed by atoms with van der Waals surface area (Å²) in [5.74, 6) is 0.316. The molecule has 0 aliphatic heterocycles. The summed E-state index contributed by atoms with van der Waals surface area (Å²) in [7, 11) is -3.66. The third-order valence-electron chi connectivity index (χ3n) is 4.16. The van der Waals surface area contributed by atoms with Crippen molar-refractivity contribution >= 4 is 16.0 Å². The van der Waals surface area contributed by atoms with Crippen LogP contribution < -0.4 is 4.18 Å². The molecule has 0 bridgehead atoms. The van der Waals surface area contributed by atoms with E-state index in [-0.39, 0.29) is 23.5 Å². The summed E-state index contributed by atoms with van der Waals surface area (Å²) in [5, 5.41) is -0.636. The van der Waals surface area contributed by atoms with Crippen molar-refractivity contribution in [1.82, 2.24) is 4.90 Å². The summed E-state index contributed by atoms with van der Waals surface area (Å²) < 4.78 is 34.3. The molecule has 0 radical (unpaired) electrons. The van der Waals surface area contributed by atoms with Gasteiger partial charge in [0.1, 0.15) is 5.75 Å². The highest BCUT2D eigenvalue weighted by Gasteiger charge is 2.23. The van der Waals surface area contributed by atoms with Crippen LogP contribution in [0.25, 0.3) is 0 Å². The van der Waals surface area contributed by atoms with E-state index in [4.69, 9.17) is 8.60 Å². The van der Waals surface area contributed by atoms with Gasteiger partial charge in [0.2, 0.25) is 0 Å². The van der Waals surface area contributed by atoms with Crippen LogP contribution >= 0.6 is 0 Å². The molecule has 0 aliphatic rings.